The van der Waals surface area contributed by atoms with E-state index in [1.807, 2.05) is 13.0 Å². The van der Waals surface area contributed by atoms with Gasteiger partial charge in [0.15, 0.2) is 5.78 Å². The van der Waals surface area contributed by atoms with E-state index in [4.69, 9.17) is 4.74 Å². The molecule has 1 saturated heterocycles. The number of rotatable bonds is 9. The van der Waals surface area contributed by atoms with Crippen molar-refractivity contribution in [3.63, 3.8) is 0 Å². The van der Waals surface area contributed by atoms with Gasteiger partial charge >= 0.3 is 0 Å². The van der Waals surface area contributed by atoms with E-state index in [1.165, 1.54) is 17.7 Å². The normalized spacial score (nSPS) is 15.7. The van der Waals surface area contributed by atoms with Crippen LogP contribution >= 0.6 is 24.8 Å². The number of halogens is 3. The minimum absolute atomic E-state index is 0. The van der Waals surface area contributed by atoms with Gasteiger partial charge in [0.1, 0.15) is 12.0 Å². The molecule has 0 bridgehead atoms. The van der Waals surface area contributed by atoms with Gasteiger partial charge in [0.25, 0.3) is 0 Å². The molecule has 0 saturated carbocycles. The molecule has 1 heterocycles. The molecule has 2 aromatic carbocycles. The van der Waals surface area contributed by atoms with E-state index < -0.39 is 0 Å². The third kappa shape index (κ3) is 7.97. The van der Waals surface area contributed by atoms with Gasteiger partial charge in [0, 0.05) is 57.7 Å². The van der Waals surface area contributed by atoms with Crippen molar-refractivity contribution in [3.8, 4) is 0 Å². The summed E-state index contributed by atoms with van der Waals surface area (Å²) in [5.41, 5.74) is 1.87. The molecule has 0 N–H and O–H groups in total. The van der Waals surface area contributed by atoms with Crippen LogP contribution in [0.4, 0.5) is 4.39 Å². The van der Waals surface area contributed by atoms with Crippen LogP contribution in [0.15, 0.2) is 54.6 Å². The van der Waals surface area contributed by atoms with Crippen LogP contribution in [-0.4, -0.2) is 61.1 Å². The van der Waals surface area contributed by atoms with E-state index in [1.54, 1.807) is 12.1 Å². The van der Waals surface area contributed by atoms with Crippen molar-refractivity contribution in [2.24, 2.45) is 0 Å². The third-order valence-corrected chi connectivity index (χ3v) is 5.25. The molecule has 1 unspecified atom stereocenters. The van der Waals surface area contributed by atoms with Gasteiger partial charge in [-0.15, -0.1) is 24.8 Å². The summed E-state index contributed by atoms with van der Waals surface area (Å²) in [6, 6.07) is 16.2. The first kappa shape index (κ1) is 26.5. The number of ether oxygens (including phenoxy) is 1. The van der Waals surface area contributed by atoms with Gasteiger partial charge in [0.05, 0.1) is 0 Å². The lowest BCUT2D eigenvalue weighted by molar-refractivity contribution is -0.0711. The summed E-state index contributed by atoms with van der Waals surface area (Å²) >= 11 is 0. The first-order chi connectivity index (χ1) is 13.7. The quantitative estimate of drug-likeness (QED) is 0.521. The van der Waals surface area contributed by atoms with Crippen molar-refractivity contribution in [3.05, 3.63) is 71.5 Å². The van der Waals surface area contributed by atoms with E-state index in [9.17, 15) is 9.18 Å². The molecular weight excluding hydrogens is 426 g/mol. The minimum atomic E-state index is -0.313. The molecule has 4 nitrogen and oxygen atoms in total. The molecule has 1 fully saturated rings. The summed E-state index contributed by atoms with van der Waals surface area (Å²) in [6.45, 7) is 7.19. The zero-order valence-corrected chi connectivity index (χ0v) is 19.0. The van der Waals surface area contributed by atoms with Crippen LogP contribution in [-0.2, 0) is 11.2 Å². The number of carbonyl (C=O) groups excluding carboxylic acids is 1. The second-order valence-corrected chi connectivity index (χ2v) is 7.16. The maximum Gasteiger partial charge on any atom is 0.164 e. The van der Waals surface area contributed by atoms with Crippen molar-refractivity contribution in [2.45, 2.75) is 26.0 Å². The molecule has 0 aromatic heterocycles. The first-order valence-electron chi connectivity index (χ1n) is 10.1. The Hall–Kier alpha value is -1.50. The highest BCUT2D eigenvalue weighted by Gasteiger charge is 2.24. The smallest absolute Gasteiger partial charge is 0.164 e. The number of Topliss-reactive ketones (excluding diaryl/α,β-unsaturated/α-hetero) is 1. The van der Waals surface area contributed by atoms with Crippen molar-refractivity contribution < 1.29 is 13.9 Å². The number of nitrogens with zero attached hydrogens (tertiary/aromatic N) is 2. The number of benzene rings is 2. The minimum Gasteiger partial charge on any atom is -0.363 e. The molecule has 0 spiro atoms. The van der Waals surface area contributed by atoms with E-state index >= 15 is 0 Å². The fourth-order valence-electron chi connectivity index (χ4n) is 3.62. The summed E-state index contributed by atoms with van der Waals surface area (Å²) in [4.78, 5) is 17.0. The third-order valence-electron chi connectivity index (χ3n) is 5.25. The highest BCUT2D eigenvalue weighted by Crippen LogP contribution is 2.14. The lowest BCUT2D eigenvalue weighted by Crippen LogP contribution is -2.52. The molecule has 0 radical (unpaired) electrons. The molecule has 3 rings (SSSR count). The molecule has 1 aliphatic heterocycles. The van der Waals surface area contributed by atoms with Gasteiger partial charge in [-0.25, -0.2) is 4.39 Å². The number of ketones is 1. The molecular formula is C23H31Cl2FN2O2. The lowest BCUT2D eigenvalue weighted by Gasteiger charge is -2.39. The number of hydrogen-bond donors (Lipinski definition) is 0. The van der Waals surface area contributed by atoms with E-state index in [2.05, 4.69) is 34.1 Å². The second kappa shape index (κ2) is 13.7. The Labute approximate surface area is 191 Å². The second-order valence-electron chi connectivity index (χ2n) is 7.16. The van der Waals surface area contributed by atoms with Gasteiger partial charge in [0.2, 0.25) is 0 Å². The van der Waals surface area contributed by atoms with Crippen LogP contribution < -0.4 is 0 Å². The number of hydrogen-bond acceptors (Lipinski definition) is 4. The maximum atomic E-state index is 13.0. The molecule has 30 heavy (non-hydrogen) atoms. The Morgan fingerprint density at radius 3 is 2.23 bits per heavy atom. The summed E-state index contributed by atoms with van der Waals surface area (Å²) < 4.78 is 19.0. The highest BCUT2D eigenvalue weighted by atomic mass is 35.5. The molecule has 1 aliphatic rings. The van der Waals surface area contributed by atoms with Crippen LogP contribution in [0.5, 0.6) is 0 Å². The maximum absolute atomic E-state index is 13.0. The summed E-state index contributed by atoms with van der Waals surface area (Å²) in [6.07, 6.45) is 1.44. The van der Waals surface area contributed by atoms with Gasteiger partial charge in [-0.1, -0.05) is 30.3 Å². The topological polar surface area (TPSA) is 32.8 Å². The standard InChI is InChI=1S/C23H29FN2O2.2ClH/c1-2-28-23(18-19-6-4-3-5-7-19)26-16-14-25(15-17-26)13-12-22(27)20-8-10-21(24)11-9-20;;/h3-11,23H,2,12-18H2,1H3;2*1H. The van der Waals surface area contributed by atoms with Crippen molar-refractivity contribution in [1.29, 1.82) is 0 Å². The molecule has 0 aliphatic carbocycles. The molecule has 166 valence electrons. The van der Waals surface area contributed by atoms with Crippen LogP contribution in [0.25, 0.3) is 0 Å². The SMILES string of the molecule is CCOC(Cc1ccccc1)N1CCN(CCC(=O)c2ccc(F)cc2)CC1.Cl.Cl. The van der Waals surface area contributed by atoms with Gasteiger partial charge < -0.3 is 9.64 Å². The highest BCUT2D eigenvalue weighted by molar-refractivity contribution is 5.96. The fourth-order valence-corrected chi connectivity index (χ4v) is 3.62. The lowest BCUT2D eigenvalue weighted by atomic mass is 10.1. The summed E-state index contributed by atoms with van der Waals surface area (Å²) in [7, 11) is 0. The average molecular weight is 457 g/mol. The van der Waals surface area contributed by atoms with Crippen LogP contribution in [0.2, 0.25) is 0 Å². The number of carbonyl (C=O) groups is 1. The Kier molecular flexibility index (Phi) is 12.1. The van der Waals surface area contributed by atoms with Crippen LogP contribution in [0, 0.1) is 5.82 Å². The van der Waals surface area contributed by atoms with Crippen LogP contribution in [0.3, 0.4) is 0 Å². The van der Waals surface area contributed by atoms with E-state index in [0.29, 0.717) is 18.6 Å². The van der Waals surface area contributed by atoms with E-state index in [0.717, 1.165) is 39.1 Å². The Balaban J connectivity index is 0.00000225. The zero-order chi connectivity index (χ0) is 19.8. The number of piperazine rings is 1. The average Bonchev–Trinajstić information content (AvgIpc) is 2.73. The zero-order valence-electron chi connectivity index (χ0n) is 17.3. The van der Waals surface area contributed by atoms with Gasteiger partial charge in [-0.05, 0) is 36.8 Å². The summed E-state index contributed by atoms with van der Waals surface area (Å²) in [5.74, 6) is -0.245. The van der Waals surface area contributed by atoms with E-state index in [-0.39, 0.29) is 42.6 Å². The van der Waals surface area contributed by atoms with Crippen molar-refractivity contribution in [1.82, 2.24) is 9.80 Å². The first-order valence-corrected chi connectivity index (χ1v) is 10.1. The fraction of sp³-hybridized carbons (Fsp3) is 0.435. The molecule has 0 amide bonds. The Morgan fingerprint density at radius 2 is 1.63 bits per heavy atom. The predicted octanol–water partition coefficient (Wildman–Crippen LogP) is 4.47. The largest absolute Gasteiger partial charge is 0.363 e. The molecule has 2 aromatic rings. The van der Waals surface area contributed by atoms with Crippen molar-refractivity contribution in [2.75, 3.05) is 39.3 Å². The van der Waals surface area contributed by atoms with Crippen LogP contribution in [0.1, 0.15) is 29.3 Å². The summed E-state index contributed by atoms with van der Waals surface area (Å²) in [5, 5.41) is 0. The van der Waals surface area contributed by atoms with Crippen molar-refractivity contribution >= 4 is 30.6 Å². The predicted molar refractivity (Wildman–Crippen MR) is 123 cm³/mol. The molecule has 7 heteroatoms. The molecule has 1 atom stereocenters. The monoisotopic (exact) mass is 456 g/mol. The Morgan fingerprint density at radius 1 is 1.00 bits per heavy atom. The Bertz CT molecular complexity index is 739. The van der Waals surface area contributed by atoms with Gasteiger partial charge in [-0.3, -0.25) is 9.69 Å². The van der Waals surface area contributed by atoms with Gasteiger partial charge in [-0.2, -0.15) is 0 Å².